The van der Waals surface area contributed by atoms with Gasteiger partial charge in [0.05, 0.1) is 0 Å². The fourth-order valence-corrected chi connectivity index (χ4v) is 0.657. The first kappa shape index (κ1) is 6.48. The summed E-state index contributed by atoms with van der Waals surface area (Å²) in [6, 6.07) is 0. The van der Waals surface area contributed by atoms with Crippen LogP contribution < -0.4 is 5.73 Å². The van der Waals surface area contributed by atoms with Gasteiger partial charge in [0.15, 0.2) is 6.10 Å². The molecule has 3 heteroatoms. The van der Waals surface area contributed by atoms with Crippen LogP contribution in [0.5, 0.6) is 0 Å². The van der Waals surface area contributed by atoms with E-state index in [0.29, 0.717) is 0 Å². The van der Waals surface area contributed by atoms with Crippen LogP contribution in [0.25, 0.3) is 0 Å². The molecule has 0 aromatic carbocycles. The molecular weight excluding hydrogens is 118 g/mol. The van der Waals surface area contributed by atoms with Crippen molar-refractivity contribution < 1.29 is 15.9 Å². The predicted molar refractivity (Wildman–Crippen MR) is 32.1 cm³/mol. The highest BCUT2D eigenvalue weighted by Gasteiger charge is 2.31. The van der Waals surface area contributed by atoms with Gasteiger partial charge < -0.3 is 15.9 Å². The van der Waals surface area contributed by atoms with Gasteiger partial charge >= 0.3 is 0 Å². The van der Waals surface area contributed by atoms with Gasteiger partial charge in [-0.2, -0.15) is 0 Å². The largest absolute Gasteiger partial charge is 0.379 e. The van der Waals surface area contributed by atoms with Gasteiger partial charge in [0.2, 0.25) is 5.72 Å². The van der Waals surface area contributed by atoms with Gasteiger partial charge in [-0.05, 0) is 6.08 Å². The summed E-state index contributed by atoms with van der Waals surface area (Å²) in [6.07, 6.45) is 5.40. The zero-order valence-corrected chi connectivity index (χ0v) is 4.99. The summed E-state index contributed by atoms with van der Waals surface area (Å²) < 4.78 is 0. The Morgan fingerprint density at radius 2 is 2.11 bits per heavy atom. The third-order valence-electron chi connectivity index (χ3n) is 1.30. The first-order valence-corrected chi connectivity index (χ1v) is 2.75. The van der Waals surface area contributed by atoms with Gasteiger partial charge in [-0.3, -0.25) is 0 Å². The zero-order valence-electron chi connectivity index (χ0n) is 4.99. The van der Waals surface area contributed by atoms with Crippen molar-refractivity contribution in [1.82, 2.24) is 0 Å². The molecule has 0 heterocycles. The smallest absolute Gasteiger partial charge is 0.246 e. The Morgan fingerprint density at radius 1 is 1.44 bits per heavy atom. The third-order valence-corrected chi connectivity index (χ3v) is 1.30. The summed E-state index contributed by atoms with van der Waals surface area (Å²) in [5, 5.41) is 18.1. The van der Waals surface area contributed by atoms with E-state index in [1.165, 1.54) is 12.2 Å². The summed E-state index contributed by atoms with van der Waals surface area (Å²) in [4.78, 5) is 0. The molecule has 0 spiro atoms. The molecule has 5 N–H and O–H groups in total. The van der Waals surface area contributed by atoms with Gasteiger partial charge in [0.1, 0.15) is 0 Å². The van der Waals surface area contributed by atoms with E-state index < -0.39 is 11.8 Å². The first-order chi connectivity index (χ1) is 4.13. The van der Waals surface area contributed by atoms with Crippen LogP contribution in [0, 0.1) is 0 Å². The molecule has 0 radical (unpaired) electrons. The summed E-state index contributed by atoms with van der Waals surface area (Å²) in [7, 11) is 0. The van der Waals surface area contributed by atoms with Crippen LogP contribution in [0.2, 0.25) is 0 Å². The molecule has 2 atom stereocenters. The quantitative estimate of drug-likeness (QED) is 0.344. The molecule has 0 bridgehead atoms. The van der Waals surface area contributed by atoms with Crippen LogP contribution in [0.3, 0.4) is 0 Å². The highest BCUT2D eigenvalue weighted by atomic mass is 16.4. The number of quaternary nitrogens is 1. The Bertz CT molecular complexity index is 160. The Balaban J connectivity index is 2.78. The third kappa shape index (κ3) is 1.18. The van der Waals surface area contributed by atoms with Gasteiger partial charge in [0.25, 0.3) is 0 Å². The van der Waals surface area contributed by atoms with Crippen LogP contribution in [-0.2, 0) is 0 Å². The Kier molecular flexibility index (Phi) is 1.40. The SMILES string of the molecule is [NH3+]C1(O)C=CC=CC1O. The standard InChI is InChI=1S/C6H9NO2/c7-6(9)4-2-1-3-5(6)8/h1-5,8-9H,7H2/p+1. The molecule has 0 amide bonds. The lowest BCUT2D eigenvalue weighted by Crippen LogP contribution is -2.77. The van der Waals surface area contributed by atoms with Crippen molar-refractivity contribution >= 4 is 0 Å². The monoisotopic (exact) mass is 128 g/mol. The molecule has 0 aliphatic heterocycles. The topological polar surface area (TPSA) is 68.1 Å². The summed E-state index contributed by atoms with van der Waals surface area (Å²) >= 11 is 0. The van der Waals surface area contributed by atoms with Crippen molar-refractivity contribution in [3.05, 3.63) is 24.3 Å². The molecule has 3 nitrogen and oxygen atoms in total. The summed E-state index contributed by atoms with van der Waals surface area (Å²) in [6.45, 7) is 0. The lowest BCUT2D eigenvalue weighted by atomic mass is 10.0. The molecule has 1 rings (SSSR count). The maximum atomic E-state index is 9.14. The van der Waals surface area contributed by atoms with Crippen LogP contribution in [0.1, 0.15) is 0 Å². The molecule has 50 valence electrons. The van der Waals surface area contributed by atoms with Crippen molar-refractivity contribution in [3.63, 3.8) is 0 Å². The summed E-state index contributed by atoms with van der Waals surface area (Å²) in [5.74, 6) is 0. The van der Waals surface area contributed by atoms with Gasteiger partial charge in [-0.25, -0.2) is 0 Å². The molecular formula is C6H10NO2+. The van der Waals surface area contributed by atoms with E-state index in [4.69, 9.17) is 10.2 Å². The number of hydrogen-bond donors (Lipinski definition) is 3. The van der Waals surface area contributed by atoms with Gasteiger partial charge in [-0.15, -0.1) is 0 Å². The van der Waals surface area contributed by atoms with E-state index in [1.54, 1.807) is 12.2 Å². The van der Waals surface area contributed by atoms with E-state index in [9.17, 15) is 0 Å². The van der Waals surface area contributed by atoms with E-state index in [2.05, 4.69) is 5.73 Å². The number of aliphatic hydroxyl groups excluding tert-OH is 1. The number of allylic oxidation sites excluding steroid dienone is 2. The molecule has 0 saturated carbocycles. The van der Waals surface area contributed by atoms with E-state index in [1.807, 2.05) is 0 Å². The molecule has 1 aliphatic carbocycles. The van der Waals surface area contributed by atoms with Crippen molar-refractivity contribution in [2.45, 2.75) is 11.8 Å². The minimum Gasteiger partial charge on any atom is -0.379 e. The average Bonchev–Trinajstić information content (AvgIpc) is 1.77. The molecule has 0 aromatic rings. The van der Waals surface area contributed by atoms with Gasteiger partial charge in [0, 0.05) is 6.08 Å². The second-order valence-electron chi connectivity index (χ2n) is 2.18. The lowest BCUT2D eigenvalue weighted by molar-refractivity contribution is -0.541. The van der Waals surface area contributed by atoms with Crippen molar-refractivity contribution in [3.8, 4) is 0 Å². The van der Waals surface area contributed by atoms with E-state index in [-0.39, 0.29) is 0 Å². The highest BCUT2D eigenvalue weighted by Crippen LogP contribution is 2.08. The van der Waals surface area contributed by atoms with Crippen molar-refractivity contribution in [1.29, 1.82) is 0 Å². The molecule has 2 unspecified atom stereocenters. The van der Waals surface area contributed by atoms with Crippen molar-refractivity contribution in [2.24, 2.45) is 0 Å². The molecule has 0 fully saturated rings. The Morgan fingerprint density at radius 3 is 2.44 bits per heavy atom. The van der Waals surface area contributed by atoms with Crippen LogP contribution in [-0.4, -0.2) is 22.0 Å². The first-order valence-electron chi connectivity index (χ1n) is 2.75. The van der Waals surface area contributed by atoms with E-state index >= 15 is 0 Å². The number of aliphatic hydroxyl groups is 2. The number of rotatable bonds is 0. The Hall–Kier alpha value is -0.640. The fraction of sp³-hybridized carbons (Fsp3) is 0.333. The second-order valence-corrected chi connectivity index (χ2v) is 2.18. The molecule has 0 saturated heterocycles. The number of hydrogen-bond acceptors (Lipinski definition) is 2. The van der Waals surface area contributed by atoms with Crippen LogP contribution in [0.4, 0.5) is 0 Å². The van der Waals surface area contributed by atoms with Crippen molar-refractivity contribution in [2.75, 3.05) is 0 Å². The van der Waals surface area contributed by atoms with Gasteiger partial charge in [-0.1, -0.05) is 12.2 Å². The Labute approximate surface area is 53.1 Å². The average molecular weight is 128 g/mol. The lowest BCUT2D eigenvalue weighted by Gasteiger charge is -2.20. The molecule has 0 aromatic heterocycles. The van der Waals surface area contributed by atoms with E-state index in [0.717, 1.165) is 0 Å². The molecule has 9 heavy (non-hydrogen) atoms. The minimum absolute atomic E-state index is 0.873. The highest BCUT2D eigenvalue weighted by molar-refractivity contribution is 5.18. The zero-order chi connectivity index (χ0) is 6.91. The predicted octanol–water partition coefficient (Wildman–Crippen LogP) is -1.60. The normalized spacial score (nSPS) is 41.4. The maximum absolute atomic E-state index is 9.14. The minimum atomic E-state index is -1.32. The van der Waals surface area contributed by atoms with Crippen LogP contribution >= 0.6 is 0 Å². The van der Waals surface area contributed by atoms with Crippen LogP contribution in [0.15, 0.2) is 24.3 Å². The summed E-state index contributed by atoms with van der Waals surface area (Å²) in [5.41, 5.74) is 2.05. The fourth-order valence-electron chi connectivity index (χ4n) is 0.657. The molecule has 1 aliphatic rings. The maximum Gasteiger partial charge on any atom is 0.246 e. The second kappa shape index (κ2) is 1.95.